The predicted molar refractivity (Wildman–Crippen MR) is 154 cm³/mol. The van der Waals surface area contributed by atoms with Gasteiger partial charge in [0.2, 0.25) is 11.8 Å². The lowest BCUT2D eigenvalue weighted by Gasteiger charge is -2.41. The molecule has 1 aliphatic carbocycles. The van der Waals surface area contributed by atoms with Gasteiger partial charge in [-0.2, -0.15) is 0 Å². The number of unbranched alkanes of at least 4 members (excludes halogenated alkanes) is 2. The van der Waals surface area contributed by atoms with Crippen LogP contribution in [0.3, 0.4) is 0 Å². The Bertz CT molecular complexity index is 952. The van der Waals surface area contributed by atoms with Crippen LogP contribution in [-0.4, -0.2) is 103 Å². The Morgan fingerprint density at radius 3 is 2.74 bits per heavy atom. The standard InChI is InChI=1S/C28H40IN3O6/c1-2-3-4-5-10-26(34)32(13-12-31-14-17-37-18-15-31)23-19-21(28(36)30-11-16-33)20-25(27(23)35)38-24-9-7-6-8-22(24)29/h2,6-9,20,23,25,27,33,35H,1,3-5,10-19H2,(H,30,36). The van der Waals surface area contributed by atoms with Crippen LogP contribution in [0.1, 0.15) is 32.1 Å². The third kappa shape index (κ3) is 9.04. The van der Waals surface area contributed by atoms with Crippen molar-refractivity contribution in [3.63, 3.8) is 0 Å². The molecular formula is C28H40IN3O6. The minimum Gasteiger partial charge on any atom is -0.482 e. The number of carbonyl (C=O) groups excluding carboxylic acids is 2. The van der Waals surface area contributed by atoms with E-state index in [1.165, 1.54) is 0 Å². The Hall–Kier alpha value is -1.99. The average molecular weight is 642 g/mol. The molecule has 1 aromatic carbocycles. The molecule has 1 heterocycles. The molecule has 9 nitrogen and oxygen atoms in total. The molecule has 0 aromatic heterocycles. The molecule has 0 saturated carbocycles. The van der Waals surface area contributed by atoms with Gasteiger partial charge in [0, 0.05) is 51.1 Å². The molecular weight excluding hydrogens is 601 g/mol. The summed E-state index contributed by atoms with van der Waals surface area (Å²) in [5.41, 5.74) is 0.431. The van der Waals surface area contributed by atoms with Crippen molar-refractivity contribution in [2.24, 2.45) is 0 Å². The predicted octanol–water partition coefficient (Wildman–Crippen LogP) is 2.11. The summed E-state index contributed by atoms with van der Waals surface area (Å²) < 4.78 is 12.5. The van der Waals surface area contributed by atoms with Gasteiger partial charge in [-0.15, -0.1) is 6.58 Å². The number of ether oxygens (including phenoxy) is 2. The molecule has 2 amide bonds. The first-order valence-electron chi connectivity index (χ1n) is 13.3. The average Bonchev–Trinajstić information content (AvgIpc) is 2.93. The van der Waals surface area contributed by atoms with E-state index >= 15 is 0 Å². The third-order valence-electron chi connectivity index (χ3n) is 6.84. The Morgan fingerprint density at radius 1 is 1.26 bits per heavy atom. The van der Waals surface area contributed by atoms with Crippen molar-refractivity contribution in [3.8, 4) is 5.75 Å². The smallest absolute Gasteiger partial charge is 0.247 e. The van der Waals surface area contributed by atoms with Crippen LogP contribution in [0.5, 0.6) is 5.75 Å². The first kappa shape index (κ1) is 30.6. The van der Waals surface area contributed by atoms with Gasteiger partial charge in [-0.3, -0.25) is 14.5 Å². The van der Waals surface area contributed by atoms with Crippen molar-refractivity contribution in [3.05, 3.63) is 52.1 Å². The summed E-state index contributed by atoms with van der Waals surface area (Å²) in [6, 6.07) is 6.84. The second-order valence-corrected chi connectivity index (χ2v) is 10.7. The molecule has 0 spiro atoms. The zero-order chi connectivity index (χ0) is 27.3. The van der Waals surface area contributed by atoms with E-state index in [0.717, 1.165) is 35.9 Å². The lowest BCUT2D eigenvalue weighted by molar-refractivity contribution is -0.139. The number of nitrogens with zero attached hydrogens (tertiary/aromatic N) is 2. The molecule has 210 valence electrons. The number of nitrogens with one attached hydrogen (secondary N) is 1. The van der Waals surface area contributed by atoms with E-state index < -0.39 is 18.2 Å². The molecule has 0 bridgehead atoms. The van der Waals surface area contributed by atoms with Crippen molar-refractivity contribution in [1.29, 1.82) is 0 Å². The number of carbonyl (C=O) groups is 2. The maximum absolute atomic E-state index is 13.5. The van der Waals surface area contributed by atoms with Crippen molar-refractivity contribution in [1.82, 2.24) is 15.1 Å². The lowest BCUT2D eigenvalue weighted by atomic mass is 9.88. The van der Waals surface area contributed by atoms with Crippen molar-refractivity contribution in [2.75, 3.05) is 52.5 Å². The summed E-state index contributed by atoms with van der Waals surface area (Å²) in [7, 11) is 0. The quantitative estimate of drug-likeness (QED) is 0.162. The number of hydrogen-bond acceptors (Lipinski definition) is 7. The fourth-order valence-electron chi connectivity index (χ4n) is 4.72. The van der Waals surface area contributed by atoms with E-state index in [1.807, 2.05) is 30.3 Å². The van der Waals surface area contributed by atoms with Crippen LogP contribution in [0.2, 0.25) is 0 Å². The Kier molecular flexibility index (Phi) is 13.0. The second-order valence-electron chi connectivity index (χ2n) is 9.52. The first-order chi connectivity index (χ1) is 18.4. The number of allylic oxidation sites excluding steroid dienone is 1. The monoisotopic (exact) mass is 641 g/mol. The largest absolute Gasteiger partial charge is 0.482 e. The molecule has 0 radical (unpaired) electrons. The molecule has 1 saturated heterocycles. The normalized spacial score (nSPS) is 21.9. The molecule has 1 fully saturated rings. The molecule has 38 heavy (non-hydrogen) atoms. The number of halogens is 1. The zero-order valence-corrected chi connectivity index (χ0v) is 24.1. The van der Waals surface area contributed by atoms with Gasteiger partial charge in [0.05, 0.1) is 29.4 Å². The van der Waals surface area contributed by atoms with Gasteiger partial charge < -0.3 is 29.9 Å². The summed E-state index contributed by atoms with van der Waals surface area (Å²) in [6.07, 6.45) is 4.64. The zero-order valence-electron chi connectivity index (χ0n) is 21.9. The Balaban J connectivity index is 1.85. The van der Waals surface area contributed by atoms with Crippen molar-refractivity contribution < 1.29 is 29.3 Å². The highest BCUT2D eigenvalue weighted by Crippen LogP contribution is 2.30. The van der Waals surface area contributed by atoms with Gasteiger partial charge in [0.25, 0.3) is 0 Å². The number of aliphatic hydroxyl groups excluding tert-OH is 2. The highest BCUT2D eigenvalue weighted by atomic mass is 127. The van der Waals surface area contributed by atoms with Gasteiger partial charge in [-0.05, 0) is 60.1 Å². The van der Waals surface area contributed by atoms with Gasteiger partial charge in [-0.1, -0.05) is 18.2 Å². The van der Waals surface area contributed by atoms with Crippen LogP contribution in [0.15, 0.2) is 48.6 Å². The highest BCUT2D eigenvalue weighted by Gasteiger charge is 2.40. The topological polar surface area (TPSA) is 112 Å². The van der Waals surface area contributed by atoms with Crippen LogP contribution in [0.4, 0.5) is 0 Å². The van der Waals surface area contributed by atoms with E-state index in [0.29, 0.717) is 44.0 Å². The molecule has 3 unspecified atom stereocenters. The minimum atomic E-state index is -1.03. The van der Waals surface area contributed by atoms with Gasteiger partial charge in [-0.25, -0.2) is 0 Å². The fraction of sp³-hybridized carbons (Fsp3) is 0.571. The van der Waals surface area contributed by atoms with Crippen LogP contribution < -0.4 is 10.1 Å². The van der Waals surface area contributed by atoms with E-state index in [4.69, 9.17) is 9.47 Å². The number of aliphatic hydroxyl groups is 2. The van der Waals surface area contributed by atoms with Crippen LogP contribution in [-0.2, 0) is 14.3 Å². The molecule has 2 aliphatic rings. The summed E-state index contributed by atoms with van der Waals surface area (Å²) >= 11 is 2.17. The molecule has 3 N–H and O–H groups in total. The highest BCUT2D eigenvalue weighted by molar-refractivity contribution is 14.1. The van der Waals surface area contributed by atoms with Gasteiger partial charge >= 0.3 is 0 Å². The summed E-state index contributed by atoms with van der Waals surface area (Å²) in [6.45, 7) is 7.69. The van der Waals surface area contributed by atoms with E-state index in [2.05, 4.69) is 39.4 Å². The first-order valence-corrected chi connectivity index (χ1v) is 14.4. The van der Waals surface area contributed by atoms with Gasteiger partial charge in [0.15, 0.2) is 0 Å². The van der Waals surface area contributed by atoms with Crippen LogP contribution in [0, 0.1) is 3.57 Å². The SMILES string of the molecule is C=CCCCCC(=O)N(CCN1CCOCC1)C1CC(C(=O)NCCO)=CC(Oc2ccccc2I)C1O. The fourth-order valence-corrected chi connectivity index (χ4v) is 5.24. The molecule has 10 heteroatoms. The molecule has 3 atom stereocenters. The number of morpholine rings is 1. The second kappa shape index (κ2) is 16.2. The van der Waals surface area contributed by atoms with Crippen molar-refractivity contribution >= 4 is 34.4 Å². The maximum Gasteiger partial charge on any atom is 0.247 e. The van der Waals surface area contributed by atoms with Crippen LogP contribution in [0.25, 0.3) is 0 Å². The number of para-hydroxylation sites is 1. The third-order valence-corrected chi connectivity index (χ3v) is 7.74. The van der Waals surface area contributed by atoms with E-state index in [9.17, 15) is 19.8 Å². The number of rotatable bonds is 14. The molecule has 1 aromatic rings. The van der Waals surface area contributed by atoms with Gasteiger partial charge in [0.1, 0.15) is 18.0 Å². The number of benzene rings is 1. The van der Waals surface area contributed by atoms with E-state index in [-0.39, 0.29) is 31.4 Å². The number of hydrogen-bond donors (Lipinski definition) is 3. The minimum absolute atomic E-state index is 0.0450. The number of amides is 2. The molecule has 1 aliphatic heterocycles. The Morgan fingerprint density at radius 2 is 2.03 bits per heavy atom. The van der Waals surface area contributed by atoms with Crippen molar-refractivity contribution in [2.45, 2.75) is 50.4 Å². The Labute approximate surface area is 239 Å². The summed E-state index contributed by atoms with van der Waals surface area (Å²) in [5.74, 6) is 0.218. The van der Waals surface area contributed by atoms with Crippen LogP contribution >= 0.6 is 22.6 Å². The molecule has 3 rings (SSSR count). The summed E-state index contributed by atoms with van der Waals surface area (Å²) in [5, 5.41) is 23.4. The lowest BCUT2D eigenvalue weighted by Crippen LogP contribution is -2.56. The summed E-state index contributed by atoms with van der Waals surface area (Å²) in [4.78, 5) is 30.5. The maximum atomic E-state index is 13.5. The van der Waals surface area contributed by atoms with E-state index in [1.54, 1.807) is 11.0 Å².